The van der Waals surface area contributed by atoms with Crippen molar-refractivity contribution in [3.63, 3.8) is 0 Å². The Morgan fingerprint density at radius 3 is 3.00 bits per heavy atom. The highest BCUT2D eigenvalue weighted by atomic mass is 16.5. The molecule has 0 fully saturated rings. The first kappa shape index (κ1) is 10.4. The lowest BCUT2D eigenvalue weighted by molar-refractivity contribution is 0.430. The van der Waals surface area contributed by atoms with Crippen LogP contribution in [0.4, 0.5) is 11.8 Å². The zero-order chi connectivity index (χ0) is 11.5. The van der Waals surface area contributed by atoms with Crippen molar-refractivity contribution in [2.75, 3.05) is 24.2 Å². The van der Waals surface area contributed by atoms with Crippen LogP contribution < -0.4 is 10.6 Å². The van der Waals surface area contributed by atoms with Crippen molar-refractivity contribution >= 4 is 11.8 Å². The van der Waals surface area contributed by atoms with E-state index in [4.69, 9.17) is 10.3 Å². The van der Waals surface area contributed by atoms with Gasteiger partial charge in [-0.2, -0.15) is 4.98 Å². The summed E-state index contributed by atoms with van der Waals surface area (Å²) in [6.07, 6.45) is 1.61. The first-order valence-corrected chi connectivity index (χ1v) is 4.97. The van der Waals surface area contributed by atoms with Gasteiger partial charge in [0.1, 0.15) is 5.82 Å². The molecule has 6 heteroatoms. The largest absolute Gasteiger partial charge is 0.384 e. The summed E-state index contributed by atoms with van der Waals surface area (Å²) in [4.78, 5) is 10.0. The van der Waals surface area contributed by atoms with E-state index in [-0.39, 0.29) is 0 Å². The maximum atomic E-state index is 5.58. The van der Waals surface area contributed by atoms with Gasteiger partial charge in [0.25, 0.3) is 11.8 Å². The molecule has 0 saturated carbocycles. The monoisotopic (exact) mass is 219 g/mol. The second kappa shape index (κ2) is 4.18. The summed E-state index contributed by atoms with van der Waals surface area (Å²) in [6, 6.07) is 3.48. The van der Waals surface area contributed by atoms with Crippen molar-refractivity contribution in [2.24, 2.45) is 0 Å². The summed E-state index contributed by atoms with van der Waals surface area (Å²) in [5, 5.41) is 3.87. The number of anilines is 2. The molecule has 84 valence electrons. The van der Waals surface area contributed by atoms with Gasteiger partial charge in [0.2, 0.25) is 0 Å². The van der Waals surface area contributed by atoms with Crippen LogP contribution >= 0.6 is 0 Å². The molecule has 0 radical (unpaired) electrons. The van der Waals surface area contributed by atoms with Gasteiger partial charge >= 0.3 is 0 Å². The predicted molar refractivity (Wildman–Crippen MR) is 60.9 cm³/mol. The number of nitrogens with two attached hydrogens (primary N) is 1. The van der Waals surface area contributed by atoms with Crippen molar-refractivity contribution in [2.45, 2.75) is 6.92 Å². The summed E-state index contributed by atoms with van der Waals surface area (Å²) in [5.41, 5.74) is 6.35. The van der Waals surface area contributed by atoms with Crippen LogP contribution in [0.15, 0.2) is 22.9 Å². The molecular formula is C10H13N5O. The Kier molecular flexibility index (Phi) is 2.72. The first-order chi connectivity index (χ1) is 7.70. The van der Waals surface area contributed by atoms with Gasteiger partial charge in [-0.05, 0) is 24.2 Å². The molecule has 2 heterocycles. The number of nitrogens with zero attached hydrogens (tertiary/aromatic N) is 4. The minimum atomic E-state index is 0.432. The van der Waals surface area contributed by atoms with Gasteiger partial charge in [-0.25, -0.2) is 4.98 Å². The van der Waals surface area contributed by atoms with E-state index in [9.17, 15) is 0 Å². The van der Waals surface area contributed by atoms with Gasteiger partial charge in [-0.3, -0.25) is 0 Å². The molecule has 16 heavy (non-hydrogen) atoms. The summed E-state index contributed by atoms with van der Waals surface area (Å²) in [6.45, 7) is 2.83. The summed E-state index contributed by atoms with van der Waals surface area (Å²) >= 11 is 0. The maximum Gasteiger partial charge on any atom is 0.266 e. The third-order valence-electron chi connectivity index (χ3n) is 2.26. The highest BCUT2D eigenvalue weighted by Crippen LogP contribution is 2.20. The van der Waals surface area contributed by atoms with Gasteiger partial charge in [-0.15, -0.1) is 0 Å². The number of nitrogen functional groups attached to an aromatic ring is 1. The minimum Gasteiger partial charge on any atom is -0.384 e. The molecule has 0 bridgehead atoms. The summed E-state index contributed by atoms with van der Waals surface area (Å²) < 4.78 is 5.14. The van der Waals surface area contributed by atoms with Crippen LogP contribution in [0.5, 0.6) is 0 Å². The highest BCUT2D eigenvalue weighted by Gasteiger charge is 2.11. The zero-order valence-electron chi connectivity index (χ0n) is 9.21. The molecule has 2 aromatic rings. The molecular weight excluding hydrogens is 206 g/mol. The SMILES string of the molecule is CCN(C)c1noc(-c2ccnc(N)c2)n1. The van der Waals surface area contributed by atoms with E-state index in [0.29, 0.717) is 17.7 Å². The fourth-order valence-corrected chi connectivity index (χ4v) is 1.21. The zero-order valence-corrected chi connectivity index (χ0v) is 9.21. The third-order valence-corrected chi connectivity index (χ3v) is 2.26. The number of aromatic nitrogens is 3. The molecule has 2 rings (SSSR count). The Morgan fingerprint density at radius 2 is 2.31 bits per heavy atom. The number of pyridine rings is 1. The van der Waals surface area contributed by atoms with Gasteiger partial charge in [0, 0.05) is 25.4 Å². The van der Waals surface area contributed by atoms with Crippen molar-refractivity contribution in [1.29, 1.82) is 0 Å². The van der Waals surface area contributed by atoms with E-state index in [1.807, 2.05) is 18.9 Å². The molecule has 2 N–H and O–H groups in total. The fraction of sp³-hybridized carbons (Fsp3) is 0.300. The van der Waals surface area contributed by atoms with Crippen molar-refractivity contribution < 1.29 is 4.52 Å². The molecule has 0 atom stereocenters. The Labute approximate surface area is 93.1 Å². The summed E-state index contributed by atoms with van der Waals surface area (Å²) in [7, 11) is 1.90. The van der Waals surface area contributed by atoms with Gasteiger partial charge in [-0.1, -0.05) is 0 Å². The third kappa shape index (κ3) is 1.95. The van der Waals surface area contributed by atoms with Crippen molar-refractivity contribution in [3.05, 3.63) is 18.3 Å². The lowest BCUT2D eigenvalue weighted by Crippen LogP contribution is -2.16. The van der Waals surface area contributed by atoms with Gasteiger partial charge in [0.05, 0.1) is 0 Å². The van der Waals surface area contributed by atoms with E-state index in [2.05, 4.69) is 15.1 Å². The fourth-order valence-electron chi connectivity index (χ4n) is 1.21. The smallest absolute Gasteiger partial charge is 0.266 e. The highest BCUT2D eigenvalue weighted by molar-refractivity contribution is 5.57. The Morgan fingerprint density at radius 1 is 1.50 bits per heavy atom. The lowest BCUT2D eigenvalue weighted by atomic mass is 10.2. The molecule has 0 unspecified atom stereocenters. The number of hydrogen-bond donors (Lipinski definition) is 1. The topological polar surface area (TPSA) is 81.1 Å². The molecule has 0 aliphatic carbocycles. The van der Waals surface area contributed by atoms with E-state index in [1.165, 1.54) is 0 Å². The van der Waals surface area contributed by atoms with Crippen LogP contribution in [-0.4, -0.2) is 28.7 Å². The molecule has 0 amide bonds. The van der Waals surface area contributed by atoms with Gasteiger partial charge in [0.15, 0.2) is 0 Å². The molecule has 0 aliphatic rings. The van der Waals surface area contributed by atoms with Crippen LogP contribution in [0.2, 0.25) is 0 Å². The lowest BCUT2D eigenvalue weighted by Gasteiger charge is -2.08. The van der Waals surface area contributed by atoms with Crippen molar-refractivity contribution in [3.8, 4) is 11.5 Å². The van der Waals surface area contributed by atoms with Crippen LogP contribution in [0.3, 0.4) is 0 Å². The molecule has 0 aliphatic heterocycles. The van der Waals surface area contributed by atoms with Crippen LogP contribution in [0.25, 0.3) is 11.5 Å². The standard InChI is InChI=1S/C10H13N5O/c1-3-15(2)10-13-9(16-14-10)7-4-5-12-8(11)6-7/h4-6H,3H2,1-2H3,(H2,11,12). The number of rotatable bonds is 3. The molecule has 2 aromatic heterocycles. The first-order valence-electron chi connectivity index (χ1n) is 4.97. The van der Waals surface area contributed by atoms with E-state index >= 15 is 0 Å². The maximum absolute atomic E-state index is 5.58. The normalized spacial score (nSPS) is 10.4. The summed E-state index contributed by atoms with van der Waals surface area (Å²) in [5.74, 6) is 1.44. The Balaban J connectivity index is 2.31. The number of hydrogen-bond acceptors (Lipinski definition) is 6. The van der Waals surface area contributed by atoms with Crippen LogP contribution in [-0.2, 0) is 0 Å². The average Bonchev–Trinajstić information content (AvgIpc) is 2.77. The van der Waals surface area contributed by atoms with E-state index in [1.54, 1.807) is 18.3 Å². The second-order valence-electron chi connectivity index (χ2n) is 3.38. The molecule has 6 nitrogen and oxygen atoms in total. The predicted octanol–water partition coefficient (Wildman–Crippen LogP) is 1.17. The Bertz CT molecular complexity index is 482. The second-order valence-corrected chi connectivity index (χ2v) is 3.38. The average molecular weight is 219 g/mol. The minimum absolute atomic E-state index is 0.432. The molecule has 0 saturated heterocycles. The molecule has 0 aromatic carbocycles. The van der Waals surface area contributed by atoms with Crippen LogP contribution in [0, 0.1) is 0 Å². The quantitative estimate of drug-likeness (QED) is 0.834. The van der Waals surface area contributed by atoms with Crippen molar-refractivity contribution in [1.82, 2.24) is 15.1 Å². The molecule has 0 spiro atoms. The van der Waals surface area contributed by atoms with Crippen LogP contribution in [0.1, 0.15) is 6.92 Å². The van der Waals surface area contributed by atoms with E-state index in [0.717, 1.165) is 12.1 Å². The Hall–Kier alpha value is -2.11. The van der Waals surface area contributed by atoms with E-state index < -0.39 is 0 Å². The van der Waals surface area contributed by atoms with Gasteiger partial charge < -0.3 is 15.2 Å².